The van der Waals surface area contributed by atoms with Gasteiger partial charge in [-0.25, -0.2) is 0 Å². The molecule has 0 aliphatic carbocycles. The molecular formula is C19H20O2. The van der Waals surface area contributed by atoms with E-state index in [1.807, 2.05) is 37.3 Å². The van der Waals surface area contributed by atoms with Crippen molar-refractivity contribution in [2.45, 2.75) is 39.0 Å². The number of fused-ring (bicyclic) bond motifs is 1. The molecule has 1 aliphatic heterocycles. The van der Waals surface area contributed by atoms with Crippen LogP contribution in [0.15, 0.2) is 42.5 Å². The highest BCUT2D eigenvalue weighted by Gasteiger charge is 2.34. The van der Waals surface area contributed by atoms with Crippen molar-refractivity contribution in [1.29, 1.82) is 0 Å². The smallest absolute Gasteiger partial charge is 0.323 e. The molecule has 3 rings (SSSR count). The molecule has 1 atom stereocenters. The fraction of sp³-hybridized carbons (Fsp3) is 0.316. The Morgan fingerprint density at radius 2 is 1.67 bits per heavy atom. The highest BCUT2D eigenvalue weighted by molar-refractivity contribution is 5.89. The molecule has 0 amide bonds. The van der Waals surface area contributed by atoms with Crippen molar-refractivity contribution in [2.24, 2.45) is 0 Å². The second-order valence-corrected chi connectivity index (χ2v) is 6.77. The Bertz CT molecular complexity index is 690. The standard InChI is InChI=1S/C19H20O2/c1-12-5-10-16-15(11-12)17(18(20)21-16)13-6-8-14(9-7-13)19(2,3)4/h5-11,17H,1-4H3. The number of esters is 1. The monoisotopic (exact) mass is 280 g/mol. The molecule has 2 aromatic carbocycles. The summed E-state index contributed by atoms with van der Waals surface area (Å²) in [5.41, 5.74) is 4.50. The van der Waals surface area contributed by atoms with Crippen LogP contribution in [0.1, 0.15) is 48.9 Å². The molecule has 0 fully saturated rings. The van der Waals surface area contributed by atoms with E-state index >= 15 is 0 Å². The fourth-order valence-corrected chi connectivity index (χ4v) is 2.77. The first-order valence-corrected chi connectivity index (χ1v) is 7.29. The summed E-state index contributed by atoms with van der Waals surface area (Å²) in [6, 6.07) is 14.2. The van der Waals surface area contributed by atoms with Gasteiger partial charge in [-0.2, -0.15) is 0 Å². The fourth-order valence-electron chi connectivity index (χ4n) is 2.77. The molecule has 2 nitrogen and oxygen atoms in total. The van der Waals surface area contributed by atoms with E-state index in [9.17, 15) is 4.79 Å². The van der Waals surface area contributed by atoms with E-state index in [1.54, 1.807) is 0 Å². The molecule has 0 bridgehead atoms. The maximum absolute atomic E-state index is 12.2. The zero-order valence-electron chi connectivity index (χ0n) is 12.9. The molecule has 1 aliphatic rings. The number of rotatable bonds is 1. The van der Waals surface area contributed by atoms with Crippen LogP contribution in [0, 0.1) is 6.92 Å². The van der Waals surface area contributed by atoms with Crippen LogP contribution < -0.4 is 4.74 Å². The zero-order valence-corrected chi connectivity index (χ0v) is 12.9. The Kier molecular flexibility index (Phi) is 3.12. The molecule has 21 heavy (non-hydrogen) atoms. The summed E-state index contributed by atoms with van der Waals surface area (Å²) >= 11 is 0. The van der Waals surface area contributed by atoms with Crippen LogP contribution in [-0.4, -0.2) is 5.97 Å². The Morgan fingerprint density at radius 3 is 2.29 bits per heavy atom. The SMILES string of the molecule is Cc1ccc2c(c1)C(c1ccc(C(C)(C)C)cc1)C(=O)O2. The van der Waals surface area contributed by atoms with E-state index in [0.717, 1.165) is 16.7 Å². The van der Waals surface area contributed by atoms with Gasteiger partial charge in [0.25, 0.3) is 0 Å². The first-order chi connectivity index (χ1) is 9.86. The first-order valence-electron chi connectivity index (χ1n) is 7.29. The van der Waals surface area contributed by atoms with Crippen LogP contribution in [0.4, 0.5) is 0 Å². The number of carbonyl (C=O) groups excluding carboxylic acids is 1. The van der Waals surface area contributed by atoms with Crippen molar-refractivity contribution in [2.75, 3.05) is 0 Å². The molecule has 2 heteroatoms. The lowest BCUT2D eigenvalue weighted by Crippen LogP contribution is -2.13. The highest BCUT2D eigenvalue weighted by Crippen LogP contribution is 2.40. The maximum Gasteiger partial charge on any atom is 0.323 e. The van der Waals surface area contributed by atoms with Gasteiger partial charge in [0.05, 0.1) is 0 Å². The number of ether oxygens (including phenoxy) is 1. The lowest BCUT2D eigenvalue weighted by Gasteiger charge is -2.19. The number of hydrogen-bond donors (Lipinski definition) is 0. The van der Waals surface area contributed by atoms with Gasteiger partial charge in [-0.3, -0.25) is 4.79 Å². The molecule has 0 aromatic heterocycles. The summed E-state index contributed by atoms with van der Waals surface area (Å²) in [6.45, 7) is 8.59. The Labute approximate surface area is 125 Å². The topological polar surface area (TPSA) is 26.3 Å². The van der Waals surface area contributed by atoms with Gasteiger partial charge >= 0.3 is 5.97 Å². The van der Waals surface area contributed by atoms with Gasteiger partial charge in [-0.05, 0) is 29.5 Å². The van der Waals surface area contributed by atoms with Gasteiger partial charge in [-0.15, -0.1) is 0 Å². The summed E-state index contributed by atoms with van der Waals surface area (Å²) in [6.07, 6.45) is 0. The zero-order chi connectivity index (χ0) is 15.2. The summed E-state index contributed by atoms with van der Waals surface area (Å²) in [5, 5.41) is 0. The lowest BCUT2D eigenvalue weighted by molar-refractivity contribution is -0.133. The minimum Gasteiger partial charge on any atom is -0.425 e. The second-order valence-electron chi connectivity index (χ2n) is 6.77. The Hall–Kier alpha value is -2.09. The van der Waals surface area contributed by atoms with Crippen molar-refractivity contribution < 1.29 is 9.53 Å². The summed E-state index contributed by atoms with van der Waals surface area (Å²) in [4.78, 5) is 12.2. The third-order valence-electron chi connectivity index (χ3n) is 4.03. The van der Waals surface area contributed by atoms with Crippen LogP contribution in [0.25, 0.3) is 0 Å². The molecule has 0 saturated heterocycles. The van der Waals surface area contributed by atoms with Gasteiger partial charge < -0.3 is 4.74 Å². The third-order valence-corrected chi connectivity index (χ3v) is 4.03. The summed E-state index contributed by atoms with van der Waals surface area (Å²) < 4.78 is 5.39. The van der Waals surface area contributed by atoms with E-state index < -0.39 is 0 Å². The Balaban J connectivity index is 2.02. The molecule has 108 valence electrons. The molecule has 2 aromatic rings. The first kappa shape index (κ1) is 13.9. The number of carbonyl (C=O) groups is 1. The lowest BCUT2D eigenvalue weighted by atomic mass is 9.84. The Morgan fingerprint density at radius 1 is 1.00 bits per heavy atom. The van der Waals surface area contributed by atoms with Crippen molar-refractivity contribution in [3.05, 3.63) is 64.7 Å². The van der Waals surface area contributed by atoms with E-state index in [4.69, 9.17) is 4.74 Å². The summed E-state index contributed by atoms with van der Waals surface area (Å²) in [7, 11) is 0. The van der Waals surface area contributed by atoms with Crippen molar-refractivity contribution >= 4 is 5.97 Å². The van der Waals surface area contributed by atoms with Crippen LogP contribution in [0.5, 0.6) is 5.75 Å². The van der Waals surface area contributed by atoms with Crippen LogP contribution in [0.3, 0.4) is 0 Å². The average molecular weight is 280 g/mol. The molecular weight excluding hydrogens is 260 g/mol. The molecule has 0 saturated carbocycles. The van der Waals surface area contributed by atoms with Gasteiger partial charge in [0.15, 0.2) is 0 Å². The van der Waals surface area contributed by atoms with Crippen LogP contribution in [0.2, 0.25) is 0 Å². The van der Waals surface area contributed by atoms with E-state index in [2.05, 4.69) is 32.9 Å². The van der Waals surface area contributed by atoms with Gasteiger partial charge in [0, 0.05) is 5.56 Å². The van der Waals surface area contributed by atoms with Gasteiger partial charge in [-0.1, -0.05) is 62.7 Å². The van der Waals surface area contributed by atoms with E-state index in [0.29, 0.717) is 5.75 Å². The minimum atomic E-state index is -0.297. The van der Waals surface area contributed by atoms with Gasteiger partial charge in [0.1, 0.15) is 11.7 Å². The van der Waals surface area contributed by atoms with E-state index in [-0.39, 0.29) is 17.3 Å². The summed E-state index contributed by atoms with van der Waals surface area (Å²) in [5.74, 6) is 0.212. The number of hydrogen-bond acceptors (Lipinski definition) is 2. The van der Waals surface area contributed by atoms with Crippen molar-refractivity contribution in [3.8, 4) is 5.75 Å². The molecule has 1 heterocycles. The maximum atomic E-state index is 12.2. The molecule has 0 radical (unpaired) electrons. The molecule has 0 N–H and O–H groups in total. The largest absolute Gasteiger partial charge is 0.425 e. The second kappa shape index (κ2) is 4.73. The normalized spacial score (nSPS) is 17.5. The van der Waals surface area contributed by atoms with Crippen molar-refractivity contribution in [1.82, 2.24) is 0 Å². The van der Waals surface area contributed by atoms with Crippen LogP contribution >= 0.6 is 0 Å². The van der Waals surface area contributed by atoms with Crippen LogP contribution in [-0.2, 0) is 10.2 Å². The van der Waals surface area contributed by atoms with Crippen molar-refractivity contribution in [3.63, 3.8) is 0 Å². The third kappa shape index (κ3) is 2.46. The predicted molar refractivity (Wildman–Crippen MR) is 83.8 cm³/mol. The van der Waals surface area contributed by atoms with E-state index in [1.165, 1.54) is 5.56 Å². The van der Waals surface area contributed by atoms with Gasteiger partial charge in [0.2, 0.25) is 0 Å². The number of benzene rings is 2. The average Bonchev–Trinajstić information content (AvgIpc) is 2.73. The number of aryl methyl sites for hydroxylation is 1. The molecule has 0 spiro atoms. The minimum absolute atomic E-state index is 0.114. The highest BCUT2D eigenvalue weighted by atomic mass is 16.5. The predicted octanol–water partition coefficient (Wildman–Crippen LogP) is 4.34. The molecule has 1 unspecified atom stereocenters. The quantitative estimate of drug-likeness (QED) is 0.573.